The highest BCUT2D eigenvalue weighted by molar-refractivity contribution is 6.13. The highest BCUT2D eigenvalue weighted by Gasteiger charge is 2.22. The molecule has 0 heterocycles. The smallest absolute Gasteiger partial charge is 0.259 e. The van der Waals surface area contributed by atoms with Gasteiger partial charge in [-0.3, -0.25) is 9.59 Å². The molecule has 4 nitrogen and oxygen atoms in total. The van der Waals surface area contributed by atoms with Gasteiger partial charge in [-0.25, -0.2) is 0 Å². The molecule has 4 heteroatoms. The zero-order chi connectivity index (χ0) is 20.1. The number of carbonyl (C=O) groups is 2. The van der Waals surface area contributed by atoms with Crippen LogP contribution in [0.1, 0.15) is 34.6 Å². The molecule has 2 amide bonds. The molecule has 142 valence electrons. The number of rotatable bonds is 6. The van der Waals surface area contributed by atoms with Crippen molar-refractivity contribution in [3.63, 3.8) is 0 Å². The second-order valence-corrected chi connectivity index (χ2v) is 7.13. The Hall–Kier alpha value is -3.40. The molecule has 0 aliphatic carbocycles. The number of hydrogen-bond acceptors (Lipinski definition) is 2. The van der Waals surface area contributed by atoms with Crippen LogP contribution in [0, 0.1) is 5.92 Å². The van der Waals surface area contributed by atoms with E-state index in [-0.39, 0.29) is 17.4 Å². The van der Waals surface area contributed by atoms with Gasteiger partial charge in [-0.1, -0.05) is 68.4 Å². The minimum atomic E-state index is -0.604. The number of nitrogens with zero attached hydrogens (tertiary/aromatic N) is 1. The van der Waals surface area contributed by atoms with Crippen molar-refractivity contribution in [2.75, 3.05) is 11.4 Å². The number of benzene rings is 3. The predicted molar refractivity (Wildman–Crippen MR) is 113 cm³/mol. The van der Waals surface area contributed by atoms with Crippen molar-refractivity contribution < 1.29 is 9.59 Å². The summed E-state index contributed by atoms with van der Waals surface area (Å²) in [7, 11) is 0. The van der Waals surface area contributed by atoms with Gasteiger partial charge in [-0.05, 0) is 41.3 Å². The average molecular weight is 372 g/mol. The van der Waals surface area contributed by atoms with Crippen LogP contribution < -0.4 is 10.6 Å². The average Bonchev–Trinajstić information content (AvgIpc) is 2.72. The van der Waals surface area contributed by atoms with Gasteiger partial charge in [0.1, 0.15) is 0 Å². The summed E-state index contributed by atoms with van der Waals surface area (Å²) in [5.41, 5.74) is 9.02. The van der Waals surface area contributed by atoms with E-state index in [0.29, 0.717) is 12.1 Å². The first kappa shape index (κ1) is 19.4. The van der Waals surface area contributed by atoms with E-state index in [9.17, 15) is 9.59 Å². The number of anilines is 1. The number of carbonyl (C=O) groups excluding carboxylic acids is 2. The van der Waals surface area contributed by atoms with Crippen LogP contribution in [0.25, 0.3) is 11.1 Å². The van der Waals surface area contributed by atoms with Gasteiger partial charge in [-0.15, -0.1) is 0 Å². The summed E-state index contributed by atoms with van der Waals surface area (Å²) in [6, 6.07) is 24.7. The van der Waals surface area contributed by atoms with Crippen molar-refractivity contribution in [3.8, 4) is 11.1 Å². The third-order valence-electron chi connectivity index (χ3n) is 4.50. The summed E-state index contributed by atoms with van der Waals surface area (Å²) >= 11 is 0. The molecule has 0 spiro atoms. The molecule has 0 radical (unpaired) electrons. The summed E-state index contributed by atoms with van der Waals surface area (Å²) in [5, 5.41) is 0. The van der Waals surface area contributed by atoms with E-state index in [1.54, 1.807) is 29.2 Å². The zero-order valence-corrected chi connectivity index (χ0v) is 16.1. The summed E-state index contributed by atoms with van der Waals surface area (Å²) in [4.78, 5) is 26.7. The van der Waals surface area contributed by atoms with Crippen LogP contribution in [0.4, 0.5) is 5.69 Å². The molecule has 0 atom stereocenters. The molecular formula is C24H24N2O2. The largest absolute Gasteiger partial charge is 0.366 e. The van der Waals surface area contributed by atoms with E-state index >= 15 is 0 Å². The number of amides is 2. The van der Waals surface area contributed by atoms with Crippen molar-refractivity contribution in [3.05, 3.63) is 90.0 Å². The first-order valence-corrected chi connectivity index (χ1v) is 9.33. The van der Waals surface area contributed by atoms with Crippen LogP contribution in [-0.2, 0) is 0 Å². The Kier molecular flexibility index (Phi) is 5.90. The van der Waals surface area contributed by atoms with Crippen LogP contribution >= 0.6 is 0 Å². The maximum absolute atomic E-state index is 13.3. The van der Waals surface area contributed by atoms with Gasteiger partial charge in [0.15, 0.2) is 0 Å². The summed E-state index contributed by atoms with van der Waals surface area (Å²) < 4.78 is 0. The van der Waals surface area contributed by atoms with Gasteiger partial charge in [0.25, 0.3) is 5.91 Å². The van der Waals surface area contributed by atoms with Crippen LogP contribution in [0.2, 0.25) is 0 Å². The lowest BCUT2D eigenvalue weighted by atomic mass is 10.0. The fourth-order valence-electron chi connectivity index (χ4n) is 3.17. The van der Waals surface area contributed by atoms with Crippen LogP contribution in [0.3, 0.4) is 0 Å². The molecule has 28 heavy (non-hydrogen) atoms. The van der Waals surface area contributed by atoms with E-state index in [1.165, 1.54) is 0 Å². The van der Waals surface area contributed by atoms with Gasteiger partial charge in [0, 0.05) is 12.2 Å². The summed E-state index contributed by atoms with van der Waals surface area (Å²) in [6.45, 7) is 4.65. The topological polar surface area (TPSA) is 63.4 Å². The molecule has 0 saturated heterocycles. The van der Waals surface area contributed by atoms with E-state index in [2.05, 4.69) is 26.0 Å². The standard InChI is InChI=1S/C24H24N2O2/c1-17(2)16-26(24(28)22-11-7-6-10-21(22)23(25)27)20-14-12-19(13-15-20)18-8-4-3-5-9-18/h3-15,17H,16H2,1-2H3,(H2,25,27). The number of hydrogen-bond donors (Lipinski definition) is 1. The SMILES string of the molecule is CC(C)CN(C(=O)c1ccccc1C(N)=O)c1ccc(-c2ccccc2)cc1. The van der Waals surface area contributed by atoms with Crippen molar-refractivity contribution >= 4 is 17.5 Å². The fraction of sp³-hybridized carbons (Fsp3) is 0.167. The van der Waals surface area contributed by atoms with Gasteiger partial charge in [-0.2, -0.15) is 0 Å². The maximum Gasteiger partial charge on any atom is 0.259 e. The van der Waals surface area contributed by atoms with Gasteiger partial charge in [0.05, 0.1) is 11.1 Å². The predicted octanol–water partition coefficient (Wildman–Crippen LogP) is 4.76. The highest BCUT2D eigenvalue weighted by atomic mass is 16.2. The normalized spacial score (nSPS) is 10.7. The molecule has 0 aromatic heterocycles. The Balaban J connectivity index is 1.97. The van der Waals surface area contributed by atoms with Crippen molar-refractivity contribution in [1.82, 2.24) is 0 Å². The first-order valence-electron chi connectivity index (χ1n) is 9.33. The zero-order valence-electron chi connectivity index (χ0n) is 16.1. The molecule has 0 aliphatic heterocycles. The molecular weight excluding hydrogens is 348 g/mol. The van der Waals surface area contributed by atoms with Crippen LogP contribution in [-0.4, -0.2) is 18.4 Å². The first-order chi connectivity index (χ1) is 13.5. The van der Waals surface area contributed by atoms with Crippen LogP contribution in [0.5, 0.6) is 0 Å². The second kappa shape index (κ2) is 8.53. The van der Waals surface area contributed by atoms with Crippen LogP contribution in [0.15, 0.2) is 78.9 Å². The fourth-order valence-corrected chi connectivity index (χ4v) is 3.17. The minimum Gasteiger partial charge on any atom is -0.366 e. The highest BCUT2D eigenvalue weighted by Crippen LogP contribution is 2.25. The lowest BCUT2D eigenvalue weighted by molar-refractivity contribution is 0.0958. The molecule has 0 fully saturated rings. The van der Waals surface area contributed by atoms with Gasteiger partial charge >= 0.3 is 0 Å². The Bertz CT molecular complexity index is 963. The van der Waals surface area contributed by atoms with Gasteiger partial charge in [0.2, 0.25) is 5.91 Å². The van der Waals surface area contributed by atoms with Crippen molar-refractivity contribution in [2.45, 2.75) is 13.8 Å². The van der Waals surface area contributed by atoms with Crippen molar-refractivity contribution in [2.24, 2.45) is 11.7 Å². The Morgan fingerprint density at radius 3 is 1.89 bits per heavy atom. The minimum absolute atomic E-state index is 0.226. The third-order valence-corrected chi connectivity index (χ3v) is 4.50. The molecule has 0 bridgehead atoms. The van der Waals surface area contributed by atoms with E-state index < -0.39 is 5.91 Å². The number of nitrogens with two attached hydrogens (primary N) is 1. The lowest BCUT2D eigenvalue weighted by Gasteiger charge is -2.26. The molecule has 3 rings (SSSR count). The quantitative estimate of drug-likeness (QED) is 0.678. The molecule has 0 unspecified atom stereocenters. The summed E-state index contributed by atoms with van der Waals surface area (Å²) in [5.74, 6) is -0.568. The summed E-state index contributed by atoms with van der Waals surface area (Å²) in [6.07, 6.45) is 0. The van der Waals surface area contributed by atoms with E-state index in [0.717, 1.165) is 16.8 Å². The monoisotopic (exact) mass is 372 g/mol. The van der Waals surface area contributed by atoms with E-state index in [4.69, 9.17) is 5.73 Å². The van der Waals surface area contributed by atoms with Crippen molar-refractivity contribution in [1.29, 1.82) is 0 Å². The number of primary amides is 1. The molecule has 2 N–H and O–H groups in total. The molecule has 3 aromatic rings. The Morgan fingerprint density at radius 2 is 1.32 bits per heavy atom. The Morgan fingerprint density at radius 1 is 0.786 bits per heavy atom. The lowest BCUT2D eigenvalue weighted by Crippen LogP contribution is -2.35. The second-order valence-electron chi connectivity index (χ2n) is 7.13. The Labute approximate surface area is 165 Å². The molecule has 3 aromatic carbocycles. The van der Waals surface area contributed by atoms with Gasteiger partial charge < -0.3 is 10.6 Å². The van der Waals surface area contributed by atoms with E-state index in [1.807, 2.05) is 42.5 Å². The molecule has 0 aliphatic rings. The maximum atomic E-state index is 13.3. The third kappa shape index (κ3) is 4.29. The molecule has 0 saturated carbocycles.